The Morgan fingerprint density at radius 3 is 1.81 bits per heavy atom. The minimum absolute atomic E-state index is 0.102. The summed E-state index contributed by atoms with van der Waals surface area (Å²) >= 11 is 17.7. The number of thiocarbonyl (C=S) groups is 1. The van der Waals surface area contributed by atoms with Crippen LogP contribution in [0, 0.1) is 11.6 Å². The third kappa shape index (κ3) is 5.38. The topological polar surface area (TPSA) is 18.5 Å². The lowest BCUT2D eigenvalue weighted by Crippen LogP contribution is -2.51. The zero-order valence-corrected chi connectivity index (χ0v) is 19.4. The first-order valence-electron chi connectivity index (χ1n) is 10.2. The van der Waals surface area contributed by atoms with Crippen LogP contribution in [0.4, 0.5) is 14.5 Å². The molecule has 166 valence electrons. The molecule has 3 aromatic carbocycles. The van der Waals surface area contributed by atoms with Crippen LogP contribution in [-0.4, -0.2) is 41.1 Å². The molecule has 0 unspecified atom stereocenters. The number of nitrogens with zero attached hydrogens (tertiary/aromatic N) is 2. The van der Waals surface area contributed by atoms with Crippen molar-refractivity contribution in [3.63, 3.8) is 0 Å². The number of halogens is 4. The zero-order valence-electron chi connectivity index (χ0n) is 17.1. The highest BCUT2D eigenvalue weighted by atomic mass is 35.5. The SMILES string of the molecule is Fc1ccc(C(c2ccc(F)cc2)N2CCN(C(=S)Nc3ccc(Cl)c(Cl)c3)CC2)cc1. The second-order valence-electron chi connectivity index (χ2n) is 7.59. The molecule has 4 rings (SSSR count). The van der Waals surface area contributed by atoms with E-state index in [9.17, 15) is 8.78 Å². The minimum Gasteiger partial charge on any atom is -0.346 e. The van der Waals surface area contributed by atoms with Crippen molar-refractivity contribution in [2.45, 2.75) is 6.04 Å². The number of anilines is 1. The number of rotatable bonds is 4. The van der Waals surface area contributed by atoms with Gasteiger partial charge in [-0.25, -0.2) is 8.78 Å². The number of piperazine rings is 1. The Bertz CT molecular complexity index is 1040. The van der Waals surface area contributed by atoms with Gasteiger partial charge in [-0.1, -0.05) is 47.5 Å². The Morgan fingerprint density at radius 1 is 0.781 bits per heavy atom. The average molecular weight is 492 g/mol. The summed E-state index contributed by atoms with van der Waals surface area (Å²) in [6, 6.07) is 18.2. The number of benzene rings is 3. The Kier molecular flexibility index (Phi) is 7.26. The maximum Gasteiger partial charge on any atom is 0.173 e. The fourth-order valence-electron chi connectivity index (χ4n) is 3.86. The summed E-state index contributed by atoms with van der Waals surface area (Å²) in [4.78, 5) is 4.40. The third-order valence-electron chi connectivity index (χ3n) is 5.51. The van der Waals surface area contributed by atoms with Crippen LogP contribution in [0.1, 0.15) is 17.2 Å². The van der Waals surface area contributed by atoms with Crippen molar-refractivity contribution in [1.82, 2.24) is 9.80 Å². The monoisotopic (exact) mass is 491 g/mol. The van der Waals surface area contributed by atoms with E-state index in [0.717, 1.165) is 29.9 Å². The summed E-state index contributed by atoms with van der Waals surface area (Å²) in [6.45, 7) is 2.91. The van der Waals surface area contributed by atoms with Gasteiger partial charge in [-0.3, -0.25) is 4.90 Å². The maximum absolute atomic E-state index is 13.5. The molecule has 1 saturated heterocycles. The molecule has 0 spiro atoms. The van der Waals surface area contributed by atoms with E-state index in [1.54, 1.807) is 36.4 Å². The molecule has 0 aliphatic carbocycles. The highest BCUT2D eigenvalue weighted by molar-refractivity contribution is 7.80. The van der Waals surface area contributed by atoms with E-state index in [-0.39, 0.29) is 17.7 Å². The molecule has 0 radical (unpaired) electrons. The molecule has 0 atom stereocenters. The van der Waals surface area contributed by atoms with Gasteiger partial charge in [0.25, 0.3) is 0 Å². The van der Waals surface area contributed by atoms with Crippen LogP contribution in [0.2, 0.25) is 10.0 Å². The Hall–Kier alpha value is -2.25. The molecule has 0 aromatic heterocycles. The van der Waals surface area contributed by atoms with Gasteiger partial charge in [-0.05, 0) is 65.8 Å². The molecule has 1 fully saturated rings. The number of nitrogens with one attached hydrogen (secondary N) is 1. The molecule has 0 saturated carbocycles. The van der Waals surface area contributed by atoms with Crippen molar-refractivity contribution in [2.75, 3.05) is 31.5 Å². The van der Waals surface area contributed by atoms with Crippen molar-refractivity contribution in [2.24, 2.45) is 0 Å². The molecule has 0 amide bonds. The van der Waals surface area contributed by atoms with Crippen LogP contribution in [-0.2, 0) is 0 Å². The molecule has 3 nitrogen and oxygen atoms in total. The molecule has 1 aliphatic heterocycles. The van der Waals surface area contributed by atoms with Crippen LogP contribution >= 0.6 is 35.4 Å². The van der Waals surface area contributed by atoms with E-state index >= 15 is 0 Å². The summed E-state index contributed by atoms with van der Waals surface area (Å²) in [6.07, 6.45) is 0. The molecule has 0 bridgehead atoms. The van der Waals surface area contributed by atoms with Crippen LogP contribution in [0.15, 0.2) is 66.7 Å². The summed E-state index contributed by atoms with van der Waals surface area (Å²) in [5.41, 5.74) is 2.70. The normalized spacial score (nSPS) is 14.6. The van der Waals surface area contributed by atoms with Gasteiger partial charge in [0.2, 0.25) is 0 Å². The van der Waals surface area contributed by atoms with Crippen molar-refractivity contribution >= 4 is 46.2 Å². The van der Waals surface area contributed by atoms with Crippen LogP contribution < -0.4 is 5.32 Å². The second kappa shape index (κ2) is 10.1. The predicted octanol–water partition coefficient (Wildman–Crippen LogP) is 6.38. The first-order chi connectivity index (χ1) is 15.4. The molecule has 3 aromatic rings. The van der Waals surface area contributed by atoms with Gasteiger partial charge >= 0.3 is 0 Å². The molecule has 8 heteroatoms. The van der Waals surface area contributed by atoms with Gasteiger partial charge in [0.05, 0.1) is 16.1 Å². The summed E-state index contributed by atoms with van der Waals surface area (Å²) in [7, 11) is 0. The molecule has 1 N–H and O–H groups in total. The predicted molar refractivity (Wildman–Crippen MR) is 130 cm³/mol. The smallest absolute Gasteiger partial charge is 0.173 e. The first kappa shape index (κ1) is 22.9. The highest BCUT2D eigenvalue weighted by Gasteiger charge is 2.27. The van der Waals surface area contributed by atoms with Gasteiger partial charge in [0, 0.05) is 31.9 Å². The quantitative estimate of drug-likeness (QED) is 0.426. The Labute approximate surface area is 201 Å². The van der Waals surface area contributed by atoms with E-state index in [0.29, 0.717) is 28.2 Å². The Morgan fingerprint density at radius 2 is 1.31 bits per heavy atom. The fraction of sp³-hybridized carbons (Fsp3) is 0.208. The van der Waals surface area contributed by atoms with Gasteiger partial charge in [-0.15, -0.1) is 0 Å². The van der Waals surface area contributed by atoms with Crippen LogP contribution in [0.5, 0.6) is 0 Å². The highest BCUT2D eigenvalue weighted by Crippen LogP contribution is 2.30. The van der Waals surface area contributed by atoms with Crippen molar-refractivity contribution in [3.8, 4) is 0 Å². The first-order valence-corrected chi connectivity index (χ1v) is 11.3. The summed E-state index contributed by atoms with van der Waals surface area (Å²) in [5, 5.41) is 4.78. The van der Waals surface area contributed by atoms with E-state index in [1.165, 1.54) is 24.3 Å². The minimum atomic E-state index is -0.282. The lowest BCUT2D eigenvalue weighted by Gasteiger charge is -2.40. The average Bonchev–Trinajstić information content (AvgIpc) is 2.79. The van der Waals surface area contributed by atoms with E-state index < -0.39 is 0 Å². The lowest BCUT2D eigenvalue weighted by atomic mass is 9.96. The molecule has 1 heterocycles. The zero-order chi connectivity index (χ0) is 22.7. The summed E-state index contributed by atoms with van der Waals surface area (Å²) in [5.74, 6) is -0.565. The van der Waals surface area contributed by atoms with Gasteiger partial charge in [0.1, 0.15) is 11.6 Å². The molecule has 32 heavy (non-hydrogen) atoms. The fourth-order valence-corrected chi connectivity index (χ4v) is 4.46. The Balaban J connectivity index is 1.47. The second-order valence-corrected chi connectivity index (χ2v) is 8.79. The van der Waals surface area contributed by atoms with Gasteiger partial charge < -0.3 is 10.2 Å². The van der Waals surface area contributed by atoms with E-state index in [1.807, 2.05) is 6.07 Å². The van der Waals surface area contributed by atoms with E-state index in [2.05, 4.69) is 15.1 Å². The molecule has 1 aliphatic rings. The van der Waals surface area contributed by atoms with Crippen LogP contribution in [0.25, 0.3) is 0 Å². The molecular formula is C24H21Cl2F2N3S. The standard InChI is InChI=1S/C24H21Cl2F2N3S/c25-21-10-9-20(15-22(21)26)29-24(32)31-13-11-30(12-14-31)23(16-1-5-18(27)6-2-16)17-3-7-19(28)8-4-17/h1-10,15,23H,11-14H2,(H,29,32). The largest absolute Gasteiger partial charge is 0.346 e. The number of hydrogen-bond donors (Lipinski definition) is 1. The van der Waals surface area contributed by atoms with Crippen molar-refractivity contribution in [3.05, 3.63) is 99.5 Å². The van der Waals surface area contributed by atoms with Gasteiger partial charge in [-0.2, -0.15) is 0 Å². The van der Waals surface area contributed by atoms with Crippen molar-refractivity contribution in [1.29, 1.82) is 0 Å². The van der Waals surface area contributed by atoms with Crippen molar-refractivity contribution < 1.29 is 8.78 Å². The maximum atomic E-state index is 13.5. The van der Waals surface area contributed by atoms with Crippen LogP contribution in [0.3, 0.4) is 0 Å². The lowest BCUT2D eigenvalue weighted by molar-refractivity contribution is 0.151. The molecular weight excluding hydrogens is 471 g/mol. The van der Waals surface area contributed by atoms with E-state index in [4.69, 9.17) is 35.4 Å². The summed E-state index contributed by atoms with van der Waals surface area (Å²) < 4.78 is 27.0. The van der Waals surface area contributed by atoms with Gasteiger partial charge in [0.15, 0.2) is 5.11 Å². The third-order valence-corrected chi connectivity index (χ3v) is 6.61. The number of hydrogen-bond acceptors (Lipinski definition) is 2.